The third-order valence-electron chi connectivity index (χ3n) is 2.94. The minimum Gasteiger partial charge on any atom is -0.334 e. The second kappa shape index (κ2) is 5.00. The first-order valence-corrected chi connectivity index (χ1v) is 5.86. The fraction of sp³-hybridized carbons (Fsp3) is 0.200. The number of hydrogen-bond acceptors (Lipinski definition) is 3. The molecule has 0 bridgehead atoms. The molecule has 2 rings (SSSR count). The largest absolute Gasteiger partial charge is 0.334 e. The lowest BCUT2D eigenvalue weighted by atomic mass is 10.1. The summed E-state index contributed by atoms with van der Waals surface area (Å²) in [4.78, 5) is 10.6. The smallest absolute Gasteiger partial charge is 0.135 e. The molecule has 92 valence electrons. The Kier molecular flexibility index (Phi) is 3.42. The van der Waals surface area contributed by atoms with Crippen LogP contribution in [0.15, 0.2) is 49.1 Å². The van der Waals surface area contributed by atoms with Crippen LogP contribution >= 0.6 is 0 Å². The maximum Gasteiger partial charge on any atom is 0.135 e. The Morgan fingerprint density at radius 1 is 1.28 bits per heavy atom. The molecule has 0 aliphatic carbocycles. The van der Waals surface area contributed by atoms with E-state index in [9.17, 15) is 0 Å². The Bertz CT molecular complexity index is 561. The summed E-state index contributed by atoms with van der Waals surface area (Å²) in [7, 11) is 1.97. The molecule has 0 aromatic carbocycles. The number of aryl methyl sites for hydroxylation is 1. The molecule has 0 radical (unpaired) electrons. The fourth-order valence-corrected chi connectivity index (χ4v) is 1.79. The van der Waals surface area contributed by atoms with Crippen LogP contribution in [-0.2, 0) is 0 Å². The van der Waals surface area contributed by atoms with Crippen LogP contribution in [0, 0.1) is 6.92 Å². The van der Waals surface area contributed by atoms with Gasteiger partial charge in [0.2, 0.25) is 0 Å². The predicted octanol–water partition coefficient (Wildman–Crippen LogP) is 3.42. The second-order valence-electron chi connectivity index (χ2n) is 4.40. The topological polar surface area (TPSA) is 29.0 Å². The zero-order chi connectivity index (χ0) is 13.1. The van der Waals surface area contributed by atoms with E-state index in [0.717, 1.165) is 28.2 Å². The third-order valence-corrected chi connectivity index (χ3v) is 2.94. The van der Waals surface area contributed by atoms with Gasteiger partial charge < -0.3 is 4.90 Å². The summed E-state index contributed by atoms with van der Waals surface area (Å²) in [6.45, 7) is 7.95. The van der Waals surface area contributed by atoms with E-state index in [-0.39, 0.29) is 0 Å². The quantitative estimate of drug-likeness (QED) is 0.821. The summed E-state index contributed by atoms with van der Waals surface area (Å²) in [5, 5.41) is 0. The van der Waals surface area contributed by atoms with Gasteiger partial charge in [0.25, 0.3) is 0 Å². The van der Waals surface area contributed by atoms with E-state index in [2.05, 4.69) is 29.5 Å². The van der Waals surface area contributed by atoms with Crippen LogP contribution in [-0.4, -0.2) is 17.0 Å². The van der Waals surface area contributed by atoms with E-state index in [1.807, 2.05) is 43.4 Å². The van der Waals surface area contributed by atoms with Crippen molar-refractivity contribution in [2.45, 2.75) is 13.8 Å². The molecule has 2 aromatic rings. The van der Waals surface area contributed by atoms with Gasteiger partial charge in [-0.3, -0.25) is 4.98 Å². The molecule has 2 heterocycles. The lowest BCUT2D eigenvalue weighted by Gasteiger charge is -2.20. The van der Waals surface area contributed by atoms with E-state index in [0.29, 0.717) is 0 Å². The molecule has 0 saturated carbocycles. The summed E-state index contributed by atoms with van der Waals surface area (Å²) >= 11 is 0. The van der Waals surface area contributed by atoms with Crippen molar-refractivity contribution >= 4 is 5.82 Å². The van der Waals surface area contributed by atoms with E-state index in [1.165, 1.54) is 0 Å². The van der Waals surface area contributed by atoms with Crippen molar-refractivity contribution in [2.75, 3.05) is 11.9 Å². The SMILES string of the molecule is C=C(C)N(C)c1ncc(-c2cccnc2)cc1C. The van der Waals surface area contributed by atoms with E-state index in [4.69, 9.17) is 0 Å². The van der Waals surface area contributed by atoms with Crippen molar-refractivity contribution < 1.29 is 0 Å². The Morgan fingerprint density at radius 3 is 2.61 bits per heavy atom. The highest BCUT2D eigenvalue weighted by Gasteiger charge is 2.08. The van der Waals surface area contributed by atoms with E-state index in [1.54, 1.807) is 6.20 Å². The third kappa shape index (κ3) is 2.40. The summed E-state index contributed by atoms with van der Waals surface area (Å²) < 4.78 is 0. The van der Waals surface area contributed by atoms with Crippen LogP contribution in [0.4, 0.5) is 5.82 Å². The molecule has 0 aliphatic rings. The first-order chi connectivity index (χ1) is 8.59. The normalized spacial score (nSPS) is 10.2. The number of nitrogens with zero attached hydrogens (tertiary/aromatic N) is 3. The lowest BCUT2D eigenvalue weighted by molar-refractivity contribution is 1.03. The van der Waals surface area contributed by atoms with Crippen molar-refractivity contribution in [3.05, 3.63) is 54.6 Å². The van der Waals surface area contributed by atoms with Crippen molar-refractivity contribution in [2.24, 2.45) is 0 Å². The van der Waals surface area contributed by atoms with Gasteiger partial charge in [0.05, 0.1) is 0 Å². The maximum absolute atomic E-state index is 4.51. The summed E-state index contributed by atoms with van der Waals surface area (Å²) in [5.41, 5.74) is 4.26. The van der Waals surface area contributed by atoms with Gasteiger partial charge in [0.1, 0.15) is 5.82 Å². The predicted molar refractivity (Wildman–Crippen MR) is 75.4 cm³/mol. The fourth-order valence-electron chi connectivity index (χ4n) is 1.79. The molecule has 3 heteroatoms. The van der Waals surface area contributed by atoms with Crippen LogP contribution in [0.5, 0.6) is 0 Å². The summed E-state index contributed by atoms with van der Waals surface area (Å²) in [5.74, 6) is 0.940. The second-order valence-corrected chi connectivity index (χ2v) is 4.40. The molecule has 0 fully saturated rings. The average Bonchev–Trinajstić information content (AvgIpc) is 2.38. The highest BCUT2D eigenvalue weighted by molar-refractivity contribution is 5.65. The standard InChI is InChI=1S/C15H17N3/c1-11(2)18(4)15-12(3)8-14(10-17-15)13-6-5-7-16-9-13/h5-10H,1H2,2-4H3. The molecule has 0 saturated heterocycles. The zero-order valence-electron chi connectivity index (χ0n) is 11.0. The molecule has 2 aromatic heterocycles. The maximum atomic E-state index is 4.51. The molecule has 0 spiro atoms. The Balaban J connectivity index is 2.40. The number of rotatable bonds is 3. The van der Waals surface area contributed by atoms with Gasteiger partial charge in [-0.25, -0.2) is 4.98 Å². The van der Waals surface area contributed by atoms with Gasteiger partial charge in [-0.2, -0.15) is 0 Å². The highest BCUT2D eigenvalue weighted by Crippen LogP contribution is 2.24. The van der Waals surface area contributed by atoms with Crippen LogP contribution in [0.1, 0.15) is 12.5 Å². The molecule has 0 N–H and O–H groups in total. The molecule has 0 unspecified atom stereocenters. The number of hydrogen-bond donors (Lipinski definition) is 0. The zero-order valence-corrected chi connectivity index (χ0v) is 11.0. The molecular formula is C15H17N3. The lowest BCUT2D eigenvalue weighted by Crippen LogP contribution is -2.15. The highest BCUT2D eigenvalue weighted by atomic mass is 15.2. The number of anilines is 1. The Hall–Kier alpha value is -2.16. The van der Waals surface area contributed by atoms with Crippen LogP contribution in [0.2, 0.25) is 0 Å². The molecule has 0 atom stereocenters. The minimum absolute atomic E-state index is 0.940. The first-order valence-electron chi connectivity index (χ1n) is 5.86. The molecular weight excluding hydrogens is 222 g/mol. The first kappa shape index (κ1) is 12.3. The Morgan fingerprint density at radius 2 is 2.06 bits per heavy atom. The van der Waals surface area contributed by atoms with Gasteiger partial charge in [-0.15, -0.1) is 0 Å². The van der Waals surface area contributed by atoms with Crippen LogP contribution in [0.25, 0.3) is 11.1 Å². The molecule has 0 amide bonds. The molecule has 0 aliphatic heterocycles. The van der Waals surface area contributed by atoms with E-state index < -0.39 is 0 Å². The summed E-state index contributed by atoms with van der Waals surface area (Å²) in [6, 6.07) is 6.09. The van der Waals surface area contributed by atoms with Crippen LogP contribution in [0.3, 0.4) is 0 Å². The summed E-state index contributed by atoms with van der Waals surface area (Å²) in [6.07, 6.45) is 5.49. The van der Waals surface area contributed by atoms with Gasteiger partial charge in [0.15, 0.2) is 0 Å². The van der Waals surface area contributed by atoms with Crippen LogP contribution < -0.4 is 4.90 Å². The number of allylic oxidation sites excluding steroid dienone is 1. The Labute approximate surface area is 108 Å². The monoisotopic (exact) mass is 239 g/mol. The minimum atomic E-state index is 0.940. The van der Waals surface area contributed by atoms with Crippen molar-refractivity contribution in [3.8, 4) is 11.1 Å². The van der Waals surface area contributed by atoms with E-state index >= 15 is 0 Å². The molecule has 18 heavy (non-hydrogen) atoms. The van der Waals surface area contributed by atoms with Gasteiger partial charge in [0, 0.05) is 42.5 Å². The van der Waals surface area contributed by atoms with Crippen molar-refractivity contribution in [3.63, 3.8) is 0 Å². The average molecular weight is 239 g/mol. The van der Waals surface area contributed by atoms with Gasteiger partial charge >= 0.3 is 0 Å². The van der Waals surface area contributed by atoms with Crippen molar-refractivity contribution in [1.82, 2.24) is 9.97 Å². The number of aromatic nitrogens is 2. The van der Waals surface area contributed by atoms with Gasteiger partial charge in [-0.05, 0) is 31.5 Å². The van der Waals surface area contributed by atoms with Gasteiger partial charge in [-0.1, -0.05) is 12.6 Å². The number of pyridine rings is 2. The molecule has 3 nitrogen and oxygen atoms in total. The van der Waals surface area contributed by atoms with Crippen molar-refractivity contribution in [1.29, 1.82) is 0 Å².